The Morgan fingerprint density at radius 2 is 2.08 bits per heavy atom. The van der Waals surface area contributed by atoms with Gasteiger partial charge in [0.1, 0.15) is 5.39 Å². The number of hydrogen-bond acceptors (Lipinski definition) is 7. The first kappa shape index (κ1) is 16.0. The molecular weight excluding hydrogens is 334 g/mol. The van der Waals surface area contributed by atoms with E-state index in [1.807, 2.05) is 37.3 Å². The van der Waals surface area contributed by atoms with Crippen LogP contribution in [0.15, 0.2) is 45.8 Å². The van der Waals surface area contributed by atoms with Crippen molar-refractivity contribution in [2.75, 3.05) is 5.32 Å². The van der Waals surface area contributed by atoms with Gasteiger partial charge in [-0.2, -0.15) is 15.1 Å². The summed E-state index contributed by atoms with van der Waals surface area (Å²) >= 11 is 0. The summed E-state index contributed by atoms with van der Waals surface area (Å²) in [6.07, 6.45) is 2.20. The maximum Gasteiger partial charge on any atom is 0.263 e. The van der Waals surface area contributed by atoms with Crippen LogP contribution in [-0.4, -0.2) is 29.9 Å². The summed E-state index contributed by atoms with van der Waals surface area (Å²) in [5.74, 6) is 1.33. The quantitative estimate of drug-likeness (QED) is 0.567. The Morgan fingerprint density at radius 1 is 1.27 bits per heavy atom. The second-order valence-electron chi connectivity index (χ2n) is 5.82. The Morgan fingerprint density at radius 3 is 2.77 bits per heavy atom. The molecule has 3 aromatic heterocycles. The third kappa shape index (κ3) is 2.83. The summed E-state index contributed by atoms with van der Waals surface area (Å²) in [7, 11) is 0. The Labute approximate surface area is 148 Å². The molecule has 1 unspecified atom stereocenters. The lowest BCUT2D eigenvalue weighted by molar-refractivity contribution is 0.384. The summed E-state index contributed by atoms with van der Waals surface area (Å²) < 4.78 is 6.67. The third-order valence-electron chi connectivity index (χ3n) is 4.01. The van der Waals surface area contributed by atoms with Gasteiger partial charge < -0.3 is 9.84 Å². The Bertz CT molecular complexity index is 1100. The van der Waals surface area contributed by atoms with Gasteiger partial charge in [0, 0.05) is 6.92 Å². The predicted octanol–water partition coefficient (Wildman–Crippen LogP) is 2.36. The van der Waals surface area contributed by atoms with E-state index in [9.17, 15) is 4.79 Å². The first-order chi connectivity index (χ1) is 12.7. The van der Waals surface area contributed by atoms with Crippen LogP contribution >= 0.6 is 0 Å². The first-order valence-corrected chi connectivity index (χ1v) is 8.26. The number of nitrogens with one attached hydrogen (secondary N) is 2. The van der Waals surface area contributed by atoms with Crippen LogP contribution in [0.3, 0.4) is 0 Å². The molecule has 0 saturated carbocycles. The highest BCUT2D eigenvalue weighted by atomic mass is 16.5. The van der Waals surface area contributed by atoms with Gasteiger partial charge in [-0.15, -0.1) is 0 Å². The van der Waals surface area contributed by atoms with Crippen molar-refractivity contribution >= 4 is 17.0 Å². The van der Waals surface area contributed by atoms with Crippen molar-refractivity contribution in [1.29, 1.82) is 0 Å². The van der Waals surface area contributed by atoms with Crippen molar-refractivity contribution in [3.05, 3.63) is 58.6 Å². The predicted molar refractivity (Wildman–Crippen MR) is 95.2 cm³/mol. The fourth-order valence-electron chi connectivity index (χ4n) is 2.72. The number of rotatable bonds is 5. The highest BCUT2D eigenvalue weighted by Crippen LogP contribution is 2.19. The van der Waals surface area contributed by atoms with E-state index in [1.54, 1.807) is 11.6 Å². The number of anilines is 1. The molecular formula is C17H17N7O2. The summed E-state index contributed by atoms with van der Waals surface area (Å²) in [5.41, 5.74) is 1.04. The smallest absolute Gasteiger partial charge is 0.263 e. The normalized spacial score (nSPS) is 12.4. The molecule has 0 radical (unpaired) electrons. The van der Waals surface area contributed by atoms with Crippen LogP contribution in [0.4, 0.5) is 5.95 Å². The van der Waals surface area contributed by atoms with Gasteiger partial charge in [-0.05, 0) is 18.6 Å². The molecule has 26 heavy (non-hydrogen) atoms. The van der Waals surface area contributed by atoms with Crippen LogP contribution in [0, 0.1) is 6.92 Å². The summed E-state index contributed by atoms with van der Waals surface area (Å²) in [4.78, 5) is 23.9. The van der Waals surface area contributed by atoms with Gasteiger partial charge in [0.25, 0.3) is 5.56 Å². The SMILES string of the molecule is CCC(Nc1nc2c(cnn2-c2ccccc2)c(=O)[nH]1)c1noc(C)n1. The Balaban J connectivity index is 1.75. The largest absolute Gasteiger partial charge is 0.346 e. The number of para-hydroxylation sites is 1. The molecule has 132 valence electrons. The summed E-state index contributed by atoms with van der Waals surface area (Å²) in [6, 6.07) is 9.29. The van der Waals surface area contributed by atoms with Gasteiger partial charge in [0.2, 0.25) is 11.8 Å². The molecule has 0 amide bonds. The number of fused-ring (bicyclic) bond motifs is 1. The monoisotopic (exact) mass is 351 g/mol. The van der Waals surface area contributed by atoms with Crippen molar-refractivity contribution in [2.45, 2.75) is 26.3 Å². The van der Waals surface area contributed by atoms with Gasteiger partial charge in [-0.3, -0.25) is 9.78 Å². The minimum absolute atomic E-state index is 0.235. The third-order valence-corrected chi connectivity index (χ3v) is 4.01. The zero-order valence-corrected chi connectivity index (χ0v) is 14.3. The number of hydrogen-bond donors (Lipinski definition) is 2. The van der Waals surface area contributed by atoms with Crippen molar-refractivity contribution in [3.8, 4) is 5.69 Å². The molecule has 3 heterocycles. The lowest BCUT2D eigenvalue weighted by atomic mass is 10.2. The molecule has 0 bridgehead atoms. The van der Waals surface area contributed by atoms with Crippen molar-refractivity contribution in [3.63, 3.8) is 0 Å². The van der Waals surface area contributed by atoms with Crippen molar-refractivity contribution in [1.82, 2.24) is 29.9 Å². The fourth-order valence-corrected chi connectivity index (χ4v) is 2.72. The number of nitrogens with zero attached hydrogens (tertiary/aromatic N) is 5. The van der Waals surface area contributed by atoms with Crippen molar-refractivity contribution < 1.29 is 4.52 Å². The van der Waals surface area contributed by atoms with Crippen molar-refractivity contribution in [2.24, 2.45) is 0 Å². The molecule has 0 saturated heterocycles. The molecule has 0 spiro atoms. The van der Waals surface area contributed by atoms with Gasteiger partial charge in [-0.25, -0.2) is 4.68 Å². The molecule has 9 nitrogen and oxygen atoms in total. The standard InChI is InChI=1S/C17H17N7O2/c1-3-13(14-19-10(2)26-23-14)20-17-21-15-12(16(25)22-17)9-18-24(15)11-7-5-4-6-8-11/h4-9,13H,3H2,1-2H3,(H2,20,21,22,25). The van der Waals surface area contributed by atoms with Gasteiger partial charge in [0.05, 0.1) is 17.9 Å². The van der Waals surface area contributed by atoms with E-state index in [0.717, 1.165) is 5.69 Å². The highest BCUT2D eigenvalue weighted by Gasteiger charge is 2.18. The second-order valence-corrected chi connectivity index (χ2v) is 5.82. The maximum atomic E-state index is 12.4. The van der Waals surface area contributed by atoms with Gasteiger partial charge in [-0.1, -0.05) is 30.3 Å². The van der Waals surface area contributed by atoms with E-state index in [1.165, 1.54) is 6.20 Å². The molecule has 2 N–H and O–H groups in total. The second kappa shape index (κ2) is 6.43. The van der Waals surface area contributed by atoms with Gasteiger partial charge in [0.15, 0.2) is 11.5 Å². The lowest BCUT2D eigenvalue weighted by Gasteiger charge is -2.13. The van der Waals surface area contributed by atoms with E-state index in [-0.39, 0.29) is 11.6 Å². The molecule has 4 aromatic rings. The average Bonchev–Trinajstić information content (AvgIpc) is 3.27. The topological polar surface area (TPSA) is 115 Å². The van der Waals surface area contributed by atoms with E-state index >= 15 is 0 Å². The van der Waals surface area contributed by atoms with Crippen LogP contribution < -0.4 is 10.9 Å². The van der Waals surface area contributed by atoms with Gasteiger partial charge >= 0.3 is 0 Å². The summed E-state index contributed by atoms with van der Waals surface area (Å²) in [6.45, 7) is 3.71. The first-order valence-electron chi connectivity index (χ1n) is 8.26. The van der Waals surface area contributed by atoms with Crippen LogP contribution in [-0.2, 0) is 0 Å². The van der Waals surface area contributed by atoms with E-state index in [4.69, 9.17) is 4.52 Å². The lowest BCUT2D eigenvalue weighted by Crippen LogP contribution is -2.18. The number of aromatic nitrogens is 6. The minimum Gasteiger partial charge on any atom is -0.346 e. The van der Waals surface area contributed by atoms with Crippen LogP contribution in [0.1, 0.15) is 31.1 Å². The number of H-pyrrole nitrogens is 1. The Kier molecular flexibility index (Phi) is 3.96. The van der Waals surface area contributed by atoms with Crippen LogP contribution in [0.25, 0.3) is 16.7 Å². The fraction of sp³-hybridized carbons (Fsp3) is 0.235. The maximum absolute atomic E-state index is 12.4. The number of benzene rings is 1. The average molecular weight is 351 g/mol. The number of aryl methyl sites for hydroxylation is 1. The van der Waals surface area contributed by atoms with Crippen LogP contribution in [0.2, 0.25) is 0 Å². The zero-order chi connectivity index (χ0) is 18.1. The minimum atomic E-state index is -0.265. The molecule has 0 aliphatic heterocycles. The van der Waals surface area contributed by atoms with Crippen LogP contribution in [0.5, 0.6) is 0 Å². The molecule has 0 aliphatic carbocycles. The molecule has 1 atom stereocenters. The molecule has 9 heteroatoms. The molecule has 0 fully saturated rings. The van der Waals surface area contributed by atoms with E-state index in [2.05, 4.69) is 30.5 Å². The molecule has 1 aromatic carbocycles. The molecule has 0 aliphatic rings. The molecule has 4 rings (SSSR count). The van der Waals surface area contributed by atoms with E-state index in [0.29, 0.717) is 35.1 Å². The van der Waals surface area contributed by atoms with E-state index < -0.39 is 0 Å². The number of aromatic amines is 1. The zero-order valence-electron chi connectivity index (χ0n) is 14.3. The highest BCUT2D eigenvalue weighted by molar-refractivity contribution is 5.76. The summed E-state index contributed by atoms with van der Waals surface area (Å²) in [5, 5.41) is 11.8. The Hall–Kier alpha value is -3.49.